The molecule has 1 aromatic heterocycles. The summed E-state index contributed by atoms with van der Waals surface area (Å²) in [6.45, 7) is 2.51. The number of aliphatic hydroxyl groups excluding tert-OH is 1. The molecule has 1 heterocycles. The van der Waals surface area contributed by atoms with Gasteiger partial charge < -0.3 is 15.2 Å². The molecule has 0 amide bonds. The van der Waals surface area contributed by atoms with Crippen LogP contribution in [0.1, 0.15) is 30.3 Å². The predicted molar refractivity (Wildman–Crippen MR) is 78.6 cm³/mol. The van der Waals surface area contributed by atoms with Crippen LogP contribution in [-0.2, 0) is 0 Å². The fourth-order valence-corrected chi connectivity index (χ4v) is 1.97. The minimum Gasteiger partial charge on any atom is -0.497 e. The Kier molecular flexibility index (Phi) is 5.09. The Morgan fingerprint density at radius 2 is 1.95 bits per heavy atom. The zero-order valence-corrected chi connectivity index (χ0v) is 11.8. The molecule has 0 radical (unpaired) electrons. The fourth-order valence-electron chi connectivity index (χ4n) is 1.97. The number of hydrogen-bond donors (Lipinski definition) is 2. The van der Waals surface area contributed by atoms with E-state index >= 15 is 0 Å². The van der Waals surface area contributed by atoms with Crippen LogP contribution >= 0.6 is 0 Å². The molecule has 0 aliphatic carbocycles. The minimum absolute atomic E-state index is 0.101. The molecule has 0 saturated heterocycles. The summed E-state index contributed by atoms with van der Waals surface area (Å²) in [6.07, 6.45) is 1.22. The Hall–Kier alpha value is -1.91. The van der Waals surface area contributed by atoms with Gasteiger partial charge in [-0.15, -0.1) is 0 Å². The Bertz CT molecular complexity index is 514. The molecule has 20 heavy (non-hydrogen) atoms. The van der Waals surface area contributed by atoms with Crippen molar-refractivity contribution in [2.75, 3.05) is 13.7 Å². The van der Waals surface area contributed by atoms with Crippen molar-refractivity contribution in [1.82, 2.24) is 10.3 Å². The molecule has 1 aromatic carbocycles. The molecule has 4 heteroatoms. The maximum atomic E-state index is 10.2. The molecule has 1 unspecified atom stereocenters. The molecular formula is C16H20N2O2. The molecule has 2 atom stereocenters. The van der Waals surface area contributed by atoms with E-state index in [1.165, 1.54) is 0 Å². The van der Waals surface area contributed by atoms with Crippen LogP contribution in [0.4, 0.5) is 0 Å². The highest BCUT2D eigenvalue weighted by molar-refractivity contribution is 5.28. The van der Waals surface area contributed by atoms with Gasteiger partial charge in [0.1, 0.15) is 5.75 Å². The van der Waals surface area contributed by atoms with Gasteiger partial charge >= 0.3 is 0 Å². The SMILES string of the molecule is COc1ccc(C(O)CN[C@@H](C)c2ccccn2)cc1. The van der Waals surface area contributed by atoms with Crippen LogP contribution in [0.25, 0.3) is 0 Å². The van der Waals surface area contributed by atoms with Crippen LogP contribution in [0.2, 0.25) is 0 Å². The smallest absolute Gasteiger partial charge is 0.118 e. The summed E-state index contributed by atoms with van der Waals surface area (Å²) in [5, 5.41) is 13.4. The number of ether oxygens (including phenoxy) is 1. The Morgan fingerprint density at radius 3 is 2.55 bits per heavy atom. The number of rotatable bonds is 6. The summed E-state index contributed by atoms with van der Waals surface area (Å²) in [7, 11) is 1.63. The van der Waals surface area contributed by atoms with Crippen molar-refractivity contribution in [2.24, 2.45) is 0 Å². The number of benzene rings is 1. The van der Waals surface area contributed by atoms with E-state index in [0.29, 0.717) is 6.54 Å². The third kappa shape index (κ3) is 3.79. The molecule has 0 bridgehead atoms. The molecule has 2 rings (SSSR count). The number of aromatic nitrogens is 1. The van der Waals surface area contributed by atoms with Crippen molar-refractivity contribution in [2.45, 2.75) is 19.1 Å². The lowest BCUT2D eigenvalue weighted by molar-refractivity contribution is 0.170. The summed E-state index contributed by atoms with van der Waals surface area (Å²) in [5.74, 6) is 0.788. The number of nitrogens with one attached hydrogen (secondary N) is 1. The number of hydrogen-bond acceptors (Lipinski definition) is 4. The molecule has 0 fully saturated rings. The molecular weight excluding hydrogens is 252 g/mol. The van der Waals surface area contributed by atoms with Gasteiger partial charge in [-0.05, 0) is 36.8 Å². The fraction of sp³-hybridized carbons (Fsp3) is 0.312. The van der Waals surface area contributed by atoms with Crippen molar-refractivity contribution < 1.29 is 9.84 Å². The van der Waals surface area contributed by atoms with E-state index in [4.69, 9.17) is 4.74 Å². The number of nitrogens with zero attached hydrogens (tertiary/aromatic N) is 1. The number of pyridine rings is 1. The molecule has 0 aliphatic heterocycles. The molecule has 4 nitrogen and oxygen atoms in total. The summed E-state index contributed by atoms with van der Waals surface area (Å²) >= 11 is 0. The normalized spacial score (nSPS) is 13.8. The van der Waals surface area contributed by atoms with Crippen LogP contribution in [0.5, 0.6) is 5.75 Å². The lowest BCUT2D eigenvalue weighted by Crippen LogP contribution is -2.25. The van der Waals surface area contributed by atoms with E-state index in [0.717, 1.165) is 17.0 Å². The predicted octanol–water partition coefficient (Wildman–Crippen LogP) is 2.47. The first-order valence-corrected chi connectivity index (χ1v) is 6.67. The van der Waals surface area contributed by atoms with Crippen LogP contribution < -0.4 is 10.1 Å². The second-order valence-corrected chi connectivity index (χ2v) is 4.67. The van der Waals surface area contributed by atoms with Crippen molar-refractivity contribution >= 4 is 0 Å². The molecule has 2 N–H and O–H groups in total. The first kappa shape index (κ1) is 14.5. The van der Waals surface area contributed by atoms with Crippen LogP contribution in [0.3, 0.4) is 0 Å². The summed E-state index contributed by atoms with van der Waals surface area (Å²) in [6, 6.07) is 13.4. The van der Waals surface area contributed by atoms with Gasteiger partial charge in [0.2, 0.25) is 0 Å². The second kappa shape index (κ2) is 7.03. The van der Waals surface area contributed by atoms with Crippen LogP contribution in [0.15, 0.2) is 48.7 Å². The average molecular weight is 272 g/mol. The standard InChI is InChI=1S/C16H20N2O2/c1-12(15-5-3-4-10-17-15)18-11-16(19)13-6-8-14(20-2)9-7-13/h3-10,12,16,18-19H,11H2,1-2H3/t12-,16?/m0/s1. The van der Waals surface area contributed by atoms with E-state index in [-0.39, 0.29) is 6.04 Å². The molecule has 0 aliphatic rings. The van der Waals surface area contributed by atoms with E-state index in [2.05, 4.69) is 10.3 Å². The Morgan fingerprint density at radius 1 is 1.20 bits per heavy atom. The third-order valence-corrected chi connectivity index (χ3v) is 3.25. The lowest BCUT2D eigenvalue weighted by Gasteiger charge is -2.17. The number of methoxy groups -OCH3 is 1. The maximum absolute atomic E-state index is 10.2. The Balaban J connectivity index is 1.89. The van der Waals surface area contributed by atoms with E-state index in [9.17, 15) is 5.11 Å². The van der Waals surface area contributed by atoms with Crippen molar-refractivity contribution in [1.29, 1.82) is 0 Å². The molecule has 2 aromatic rings. The van der Waals surface area contributed by atoms with Gasteiger partial charge in [-0.25, -0.2) is 0 Å². The first-order chi connectivity index (χ1) is 9.70. The highest BCUT2D eigenvalue weighted by Crippen LogP contribution is 2.18. The Labute approximate surface area is 119 Å². The molecule has 106 valence electrons. The zero-order chi connectivity index (χ0) is 14.4. The minimum atomic E-state index is -0.549. The van der Waals surface area contributed by atoms with Gasteiger partial charge in [-0.3, -0.25) is 4.98 Å². The third-order valence-electron chi connectivity index (χ3n) is 3.25. The topological polar surface area (TPSA) is 54.4 Å². The molecule has 0 spiro atoms. The lowest BCUT2D eigenvalue weighted by atomic mass is 10.1. The van der Waals surface area contributed by atoms with E-state index in [1.54, 1.807) is 13.3 Å². The average Bonchev–Trinajstić information content (AvgIpc) is 2.53. The monoisotopic (exact) mass is 272 g/mol. The van der Waals surface area contributed by atoms with Gasteiger partial charge in [0.15, 0.2) is 0 Å². The largest absolute Gasteiger partial charge is 0.497 e. The van der Waals surface area contributed by atoms with Crippen LogP contribution in [-0.4, -0.2) is 23.7 Å². The zero-order valence-electron chi connectivity index (χ0n) is 11.8. The quantitative estimate of drug-likeness (QED) is 0.848. The molecule has 0 saturated carbocycles. The highest BCUT2D eigenvalue weighted by Gasteiger charge is 2.11. The highest BCUT2D eigenvalue weighted by atomic mass is 16.5. The first-order valence-electron chi connectivity index (χ1n) is 6.67. The summed E-state index contributed by atoms with van der Waals surface area (Å²) in [4.78, 5) is 4.29. The van der Waals surface area contributed by atoms with Crippen LogP contribution in [0, 0.1) is 0 Å². The van der Waals surface area contributed by atoms with Crippen molar-refractivity contribution in [3.05, 3.63) is 59.9 Å². The van der Waals surface area contributed by atoms with Gasteiger partial charge in [-0.2, -0.15) is 0 Å². The summed E-state index contributed by atoms with van der Waals surface area (Å²) in [5.41, 5.74) is 1.83. The van der Waals surface area contributed by atoms with Gasteiger partial charge in [0.05, 0.1) is 18.9 Å². The van der Waals surface area contributed by atoms with Gasteiger partial charge in [0.25, 0.3) is 0 Å². The van der Waals surface area contributed by atoms with Crippen molar-refractivity contribution in [3.63, 3.8) is 0 Å². The van der Waals surface area contributed by atoms with E-state index < -0.39 is 6.10 Å². The summed E-state index contributed by atoms with van der Waals surface area (Å²) < 4.78 is 5.10. The maximum Gasteiger partial charge on any atom is 0.118 e. The van der Waals surface area contributed by atoms with Crippen molar-refractivity contribution in [3.8, 4) is 5.75 Å². The van der Waals surface area contributed by atoms with Gasteiger partial charge in [-0.1, -0.05) is 18.2 Å². The van der Waals surface area contributed by atoms with E-state index in [1.807, 2.05) is 49.4 Å². The van der Waals surface area contributed by atoms with Gasteiger partial charge in [0, 0.05) is 18.8 Å². The second-order valence-electron chi connectivity index (χ2n) is 4.67. The number of aliphatic hydroxyl groups is 1.